The van der Waals surface area contributed by atoms with Crippen LogP contribution < -0.4 is 4.72 Å². The lowest BCUT2D eigenvalue weighted by Crippen LogP contribution is -2.20. The van der Waals surface area contributed by atoms with Gasteiger partial charge in [0, 0.05) is 6.07 Å². The van der Waals surface area contributed by atoms with Crippen LogP contribution in [0.3, 0.4) is 0 Å². The van der Waals surface area contributed by atoms with Gasteiger partial charge in [-0.25, -0.2) is 13.1 Å². The third-order valence-electron chi connectivity index (χ3n) is 2.33. The van der Waals surface area contributed by atoms with Crippen LogP contribution in [0.1, 0.15) is 11.1 Å². The Balaban J connectivity index is 3.61. The van der Waals surface area contributed by atoms with E-state index in [1.807, 2.05) is 0 Å². The fourth-order valence-corrected chi connectivity index (χ4v) is 2.20. The van der Waals surface area contributed by atoms with Crippen molar-refractivity contribution in [3.8, 4) is 0 Å². The minimum Gasteiger partial charge on any atom is -0.258 e. The van der Waals surface area contributed by atoms with Gasteiger partial charge in [-0.15, -0.1) is 0 Å². The number of hydrogen-bond acceptors (Lipinski definition) is 4. The molecule has 0 amide bonds. The van der Waals surface area contributed by atoms with Crippen LogP contribution >= 0.6 is 0 Å². The number of nitro groups is 1. The molecule has 0 atom stereocenters. The van der Waals surface area contributed by atoms with Gasteiger partial charge in [0.2, 0.25) is 10.0 Å². The Labute approximate surface area is 93.5 Å². The second-order valence-corrected chi connectivity index (χ2v) is 5.22. The number of sulfonamides is 1. The monoisotopic (exact) mass is 244 g/mol. The van der Waals surface area contributed by atoms with Gasteiger partial charge in [0.1, 0.15) is 0 Å². The lowest BCUT2D eigenvalue weighted by molar-refractivity contribution is -0.387. The number of nitrogens with zero attached hydrogens (tertiary/aromatic N) is 1. The summed E-state index contributed by atoms with van der Waals surface area (Å²) in [5.41, 5.74) is 0.971. The van der Waals surface area contributed by atoms with E-state index >= 15 is 0 Å². The minimum atomic E-state index is -3.80. The van der Waals surface area contributed by atoms with Gasteiger partial charge in [-0.2, -0.15) is 0 Å². The van der Waals surface area contributed by atoms with Crippen LogP contribution in [0.5, 0.6) is 0 Å². The second-order valence-electron chi connectivity index (χ2n) is 3.37. The largest absolute Gasteiger partial charge is 0.289 e. The number of rotatable bonds is 3. The van der Waals surface area contributed by atoms with Crippen LogP contribution in [0.4, 0.5) is 5.69 Å². The molecule has 0 unspecified atom stereocenters. The van der Waals surface area contributed by atoms with Crippen molar-refractivity contribution in [3.05, 3.63) is 33.4 Å². The van der Waals surface area contributed by atoms with Crippen molar-refractivity contribution in [2.75, 3.05) is 7.05 Å². The first-order valence-electron chi connectivity index (χ1n) is 4.49. The van der Waals surface area contributed by atoms with Crippen molar-refractivity contribution in [2.24, 2.45) is 0 Å². The van der Waals surface area contributed by atoms with Crippen LogP contribution in [-0.2, 0) is 10.0 Å². The quantitative estimate of drug-likeness (QED) is 0.637. The number of aryl methyl sites for hydroxylation is 2. The Morgan fingerprint density at radius 3 is 2.19 bits per heavy atom. The Bertz CT molecular complexity index is 537. The third kappa shape index (κ3) is 2.20. The number of hydrogen-bond donors (Lipinski definition) is 1. The summed E-state index contributed by atoms with van der Waals surface area (Å²) >= 11 is 0. The van der Waals surface area contributed by atoms with Gasteiger partial charge in [-0.3, -0.25) is 10.1 Å². The zero-order valence-corrected chi connectivity index (χ0v) is 9.96. The van der Waals surface area contributed by atoms with Crippen molar-refractivity contribution in [3.63, 3.8) is 0 Å². The SMILES string of the molecule is CNS(=O)(=O)c1cc(C)c(C)cc1[N+](=O)[O-]. The number of benzene rings is 1. The van der Waals surface area contributed by atoms with Crippen molar-refractivity contribution in [2.45, 2.75) is 18.7 Å². The molecule has 1 N–H and O–H groups in total. The number of nitro benzene ring substituents is 1. The Morgan fingerprint density at radius 1 is 1.25 bits per heavy atom. The zero-order chi connectivity index (χ0) is 12.5. The normalized spacial score (nSPS) is 11.4. The molecule has 0 aromatic heterocycles. The van der Waals surface area contributed by atoms with Crippen LogP contribution in [0.2, 0.25) is 0 Å². The van der Waals surface area contributed by atoms with E-state index in [1.54, 1.807) is 13.8 Å². The summed E-state index contributed by atoms with van der Waals surface area (Å²) < 4.78 is 25.2. The minimum absolute atomic E-state index is 0.303. The molecular formula is C9H12N2O4S. The first-order valence-corrected chi connectivity index (χ1v) is 5.97. The molecule has 0 saturated carbocycles. The highest BCUT2D eigenvalue weighted by Gasteiger charge is 2.25. The first-order chi connectivity index (χ1) is 7.29. The molecular weight excluding hydrogens is 232 g/mol. The summed E-state index contributed by atoms with van der Waals surface area (Å²) in [5.74, 6) is 0. The standard InChI is InChI=1S/C9H12N2O4S/c1-6-4-8(11(12)13)9(5-7(6)2)16(14,15)10-3/h4-5,10H,1-3H3. The molecule has 6 nitrogen and oxygen atoms in total. The Hall–Kier alpha value is -1.47. The van der Waals surface area contributed by atoms with Crippen LogP contribution in [0.15, 0.2) is 17.0 Å². The topological polar surface area (TPSA) is 89.3 Å². The van der Waals surface area contributed by atoms with Gasteiger partial charge < -0.3 is 0 Å². The summed E-state index contributed by atoms with van der Waals surface area (Å²) in [7, 11) is -2.59. The molecule has 0 aliphatic rings. The molecule has 0 aliphatic carbocycles. The van der Waals surface area contributed by atoms with Gasteiger partial charge in [0.15, 0.2) is 4.90 Å². The molecule has 0 heterocycles. The number of nitrogens with one attached hydrogen (secondary N) is 1. The third-order valence-corrected chi connectivity index (χ3v) is 3.77. The van der Waals surface area contributed by atoms with E-state index in [9.17, 15) is 18.5 Å². The molecule has 16 heavy (non-hydrogen) atoms. The average Bonchev–Trinajstić information content (AvgIpc) is 2.21. The molecule has 1 rings (SSSR count). The molecule has 88 valence electrons. The van der Waals surface area contributed by atoms with Crippen molar-refractivity contribution in [1.29, 1.82) is 0 Å². The van der Waals surface area contributed by atoms with Crippen molar-refractivity contribution in [1.82, 2.24) is 4.72 Å². The summed E-state index contributed by atoms with van der Waals surface area (Å²) in [6.45, 7) is 3.39. The maximum absolute atomic E-state index is 11.6. The van der Waals surface area contributed by atoms with E-state index in [1.165, 1.54) is 19.2 Å². The lowest BCUT2D eigenvalue weighted by Gasteiger charge is -2.06. The van der Waals surface area contributed by atoms with Crippen LogP contribution in [-0.4, -0.2) is 20.4 Å². The predicted molar refractivity (Wildman–Crippen MR) is 58.8 cm³/mol. The van der Waals surface area contributed by atoms with Crippen molar-refractivity contribution >= 4 is 15.7 Å². The molecule has 0 saturated heterocycles. The van der Waals surface area contributed by atoms with Gasteiger partial charge in [-0.1, -0.05) is 0 Å². The zero-order valence-electron chi connectivity index (χ0n) is 9.14. The predicted octanol–water partition coefficient (Wildman–Crippen LogP) is 1.12. The van der Waals surface area contributed by atoms with Gasteiger partial charge >= 0.3 is 0 Å². The fraction of sp³-hybridized carbons (Fsp3) is 0.333. The molecule has 1 aromatic carbocycles. The smallest absolute Gasteiger partial charge is 0.258 e. The van der Waals surface area contributed by atoms with E-state index < -0.39 is 20.6 Å². The second kappa shape index (κ2) is 4.18. The molecule has 1 aromatic rings. The average molecular weight is 244 g/mol. The van der Waals surface area contributed by atoms with Gasteiger partial charge in [0.25, 0.3) is 5.69 Å². The van der Waals surface area contributed by atoms with Crippen molar-refractivity contribution < 1.29 is 13.3 Å². The summed E-state index contributed by atoms with van der Waals surface area (Å²) in [6.07, 6.45) is 0. The maximum atomic E-state index is 11.6. The first kappa shape index (κ1) is 12.6. The van der Waals surface area contributed by atoms with Crippen LogP contribution in [0.25, 0.3) is 0 Å². The van der Waals surface area contributed by atoms with E-state index in [0.717, 1.165) is 0 Å². The molecule has 0 bridgehead atoms. The van der Waals surface area contributed by atoms with Gasteiger partial charge in [0.05, 0.1) is 4.92 Å². The fourth-order valence-electron chi connectivity index (χ4n) is 1.24. The van der Waals surface area contributed by atoms with E-state index in [4.69, 9.17) is 0 Å². The highest BCUT2D eigenvalue weighted by Crippen LogP contribution is 2.26. The van der Waals surface area contributed by atoms with Gasteiger partial charge in [-0.05, 0) is 38.1 Å². The van der Waals surface area contributed by atoms with Crippen LogP contribution in [0, 0.1) is 24.0 Å². The molecule has 0 radical (unpaired) electrons. The molecule has 0 spiro atoms. The Kier molecular flexibility index (Phi) is 3.30. The molecule has 7 heteroatoms. The van der Waals surface area contributed by atoms with E-state index in [0.29, 0.717) is 11.1 Å². The lowest BCUT2D eigenvalue weighted by atomic mass is 10.1. The Morgan fingerprint density at radius 2 is 1.75 bits per heavy atom. The van der Waals surface area contributed by atoms with E-state index in [2.05, 4.69) is 4.72 Å². The highest BCUT2D eigenvalue weighted by molar-refractivity contribution is 7.89. The summed E-state index contributed by atoms with van der Waals surface area (Å²) in [6, 6.07) is 2.57. The van der Waals surface area contributed by atoms with E-state index in [-0.39, 0.29) is 4.90 Å². The molecule has 0 aliphatic heterocycles. The highest BCUT2D eigenvalue weighted by atomic mass is 32.2. The summed E-state index contributed by atoms with van der Waals surface area (Å²) in [5, 5.41) is 10.8. The molecule has 0 fully saturated rings. The summed E-state index contributed by atoms with van der Waals surface area (Å²) in [4.78, 5) is 9.76. The maximum Gasteiger partial charge on any atom is 0.289 e.